The number of allylic oxidation sites excluding steroid dienone is 2. The van der Waals surface area contributed by atoms with Gasteiger partial charge in [-0.1, -0.05) is 180 Å². The van der Waals surface area contributed by atoms with Crippen LogP contribution < -0.4 is 15.2 Å². The zero-order valence-corrected chi connectivity index (χ0v) is 58.8. The summed E-state index contributed by atoms with van der Waals surface area (Å²) in [6.07, 6.45) is 10.2. The maximum absolute atomic E-state index is 14.4. The monoisotopic (exact) mass is 1340 g/mol. The smallest absolute Gasteiger partial charge is 0.320 e. The summed E-state index contributed by atoms with van der Waals surface area (Å²) in [6.45, 7) is 14.5. The van der Waals surface area contributed by atoms with Gasteiger partial charge in [0.25, 0.3) is 0 Å². The van der Waals surface area contributed by atoms with E-state index < -0.39 is 0 Å². The SMILES string of the molecule is CC/C(=C(\c1ccccc1)c1ccc(OCCN(C)CC(=O)O[C@@H]2CC[C@@]3(C)[C@H](CC[C@@H]4[C@@H]3C[C@H](OC(=O)CN(C)CCOc3ccc(/C(=C(/CC)c5ccccc5)c5ccccc5)cc3)[C@]3(C)[C@@H]([C@H](C)CCC(=O)OCCN)CC[C@@H]43)C2)cc1)c1ccccc1.Cl.Cl.Cl. The van der Waals surface area contributed by atoms with Crippen molar-refractivity contribution in [2.75, 3.05) is 66.6 Å². The molecule has 0 saturated heterocycles. The lowest BCUT2D eigenvalue weighted by atomic mass is 9.43. The quantitative estimate of drug-likeness (QED) is 0.0286. The van der Waals surface area contributed by atoms with Gasteiger partial charge in [0.15, 0.2) is 0 Å². The Morgan fingerprint density at radius 1 is 0.532 bits per heavy atom. The summed E-state index contributed by atoms with van der Waals surface area (Å²) in [4.78, 5) is 44.9. The molecule has 94 heavy (non-hydrogen) atoms. The third-order valence-corrected chi connectivity index (χ3v) is 21.5. The van der Waals surface area contributed by atoms with Gasteiger partial charge in [-0.2, -0.15) is 0 Å². The normalized spacial score (nSPS) is 23.6. The molecule has 0 spiro atoms. The van der Waals surface area contributed by atoms with E-state index in [9.17, 15) is 14.4 Å². The van der Waals surface area contributed by atoms with Crippen molar-refractivity contribution in [2.24, 2.45) is 52.1 Å². The Kier molecular flexibility index (Phi) is 28.3. The van der Waals surface area contributed by atoms with Crippen LogP contribution in [0.25, 0.3) is 22.3 Å². The number of rotatable bonds is 28. The van der Waals surface area contributed by atoms with Gasteiger partial charge in [0.05, 0.1) is 13.1 Å². The third-order valence-electron chi connectivity index (χ3n) is 21.5. The Morgan fingerprint density at radius 3 is 1.46 bits per heavy atom. The number of nitrogens with two attached hydrogens (primary N) is 1. The van der Waals surface area contributed by atoms with Gasteiger partial charge >= 0.3 is 17.9 Å². The van der Waals surface area contributed by atoms with E-state index in [1.165, 1.54) is 44.5 Å². The molecule has 0 bridgehead atoms. The predicted molar refractivity (Wildman–Crippen MR) is 388 cm³/mol. The van der Waals surface area contributed by atoms with Gasteiger partial charge in [-0.05, 0) is 206 Å². The topological polar surface area (TPSA) is 130 Å². The standard InChI is InChI=1S/C80H99N3O8.3ClH/c1-8-67(57-22-14-10-15-23-57)77(59-26-18-12-19-27-59)61-31-36-64(37-32-61)87-50-47-82(6)54-75(85)90-66-44-45-79(4)63(52-66)35-40-69-71-42-41-70(56(3)30-43-74(84)89-49-46-81)80(71,5)73(53-72(69)79)91-76(86)55-83(7)48-51-88-65-38-33-62(34-39-65)78(60-28-20-13-21-29-60)68(9-2)58-24-16-11-17-25-58;;;/h10-29,31-34,36-39,56,63,66,69-73H,8-9,30,35,40-55,81H2,1-7H3;3*1H/b77-67-,78-68-;;;/t56-,63-,66-,69+,70-,71+,72+,73+,79+,80-;;;/m1.../s1. The number of halogens is 3. The highest BCUT2D eigenvalue weighted by Gasteiger charge is 2.65. The molecule has 10 atom stereocenters. The van der Waals surface area contributed by atoms with Crippen molar-refractivity contribution in [3.63, 3.8) is 0 Å². The molecular weight excluding hydrogens is 1240 g/mol. The number of carbonyl (C=O) groups excluding carboxylic acids is 3. The van der Waals surface area contributed by atoms with E-state index in [1.807, 2.05) is 48.2 Å². The Bertz CT molecular complexity index is 3390. The Labute approximate surface area is 579 Å². The lowest BCUT2D eigenvalue weighted by Crippen LogP contribution is -2.60. The lowest BCUT2D eigenvalue weighted by Gasteiger charge is -2.62. The van der Waals surface area contributed by atoms with Gasteiger partial charge < -0.3 is 29.4 Å². The fraction of sp³-hybridized carbons (Fsp3) is 0.463. The molecule has 4 fully saturated rings. The molecule has 6 aromatic rings. The first-order chi connectivity index (χ1) is 44.2. The summed E-state index contributed by atoms with van der Waals surface area (Å²) in [7, 11) is 3.92. The highest BCUT2D eigenvalue weighted by molar-refractivity contribution is 5.99. The fourth-order valence-corrected chi connectivity index (χ4v) is 16.9. The fourth-order valence-electron chi connectivity index (χ4n) is 16.9. The van der Waals surface area contributed by atoms with Gasteiger partial charge in [-0.15, -0.1) is 37.2 Å². The maximum atomic E-state index is 14.4. The minimum atomic E-state index is -0.271. The van der Waals surface area contributed by atoms with E-state index in [2.05, 4.69) is 180 Å². The zero-order valence-electron chi connectivity index (χ0n) is 56.4. The number of hydrogen-bond donors (Lipinski definition) is 1. The van der Waals surface area contributed by atoms with E-state index in [4.69, 9.17) is 29.4 Å². The number of fused-ring (bicyclic) bond motifs is 5. The van der Waals surface area contributed by atoms with Crippen LogP contribution in [0.4, 0.5) is 0 Å². The van der Waals surface area contributed by atoms with Crippen molar-refractivity contribution in [3.8, 4) is 11.5 Å². The molecule has 0 heterocycles. The Hall–Kier alpha value is -6.44. The Morgan fingerprint density at radius 2 is 0.989 bits per heavy atom. The summed E-state index contributed by atoms with van der Waals surface area (Å²) in [5.74, 6) is 3.15. The molecule has 4 saturated carbocycles. The largest absolute Gasteiger partial charge is 0.492 e. The predicted octanol–water partition coefficient (Wildman–Crippen LogP) is 17.0. The van der Waals surface area contributed by atoms with Crippen LogP contribution in [-0.2, 0) is 28.6 Å². The summed E-state index contributed by atoms with van der Waals surface area (Å²) in [6, 6.07) is 59.2. The molecule has 0 aromatic heterocycles. The summed E-state index contributed by atoms with van der Waals surface area (Å²) >= 11 is 0. The molecule has 0 aliphatic heterocycles. The van der Waals surface area contributed by atoms with Crippen molar-refractivity contribution in [1.29, 1.82) is 0 Å². The number of likely N-dealkylation sites (N-methyl/N-ethyl adjacent to an activating group) is 2. The molecule has 6 aromatic carbocycles. The number of esters is 3. The first-order valence-electron chi connectivity index (χ1n) is 34.0. The second-order valence-electron chi connectivity index (χ2n) is 26.9. The number of nitrogens with zero attached hydrogens (tertiary/aromatic N) is 2. The second kappa shape index (κ2) is 35.5. The number of benzene rings is 6. The molecule has 0 amide bonds. The maximum Gasteiger partial charge on any atom is 0.320 e. The highest BCUT2D eigenvalue weighted by atomic mass is 35.5. The second-order valence-corrected chi connectivity index (χ2v) is 26.9. The van der Waals surface area contributed by atoms with Crippen LogP contribution in [0.2, 0.25) is 0 Å². The Balaban J connectivity index is 0.00000417. The summed E-state index contributed by atoms with van der Waals surface area (Å²) in [5.41, 5.74) is 17.5. The molecule has 4 aliphatic carbocycles. The van der Waals surface area contributed by atoms with Crippen LogP contribution in [0.3, 0.4) is 0 Å². The molecular formula is C80H102Cl3N3O8. The van der Waals surface area contributed by atoms with Crippen molar-refractivity contribution in [2.45, 2.75) is 124 Å². The van der Waals surface area contributed by atoms with E-state index >= 15 is 0 Å². The molecule has 14 heteroatoms. The molecule has 506 valence electrons. The van der Waals surface area contributed by atoms with Crippen molar-refractivity contribution in [1.82, 2.24) is 9.80 Å². The minimum absolute atomic E-state index is 0. The highest BCUT2D eigenvalue weighted by Crippen LogP contribution is 2.69. The van der Waals surface area contributed by atoms with Crippen molar-refractivity contribution in [3.05, 3.63) is 203 Å². The first kappa shape index (κ1) is 74.9. The molecule has 10 rings (SSSR count). The molecule has 4 aliphatic rings. The van der Waals surface area contributed by atoms with E-state index in [1.54, 1.807) is 0 Å². The van der Waals surface area contributed by atoms with Gasteiger partial charge in [0, 0.05) is 31.5 Å². The zero-order chi connectivity index (χ0) is 63.9. The van der Waals surface area contributed by atoms with Crippen LogP contribution >= 0.6 is 37.2 Å². The summed E-state index contributed by atoms with van der Waals surface area (Å²) in [5, 5.41) is 0. The lowest BCUT2D eigenvalue weighted by molar-refractivity contribution is -0.199. The van der Waals surface area contributed by atoms with E-state index in [0.29, 0.717) is 62.9 Å². The summed E-state index contributed by atoms with van der Waals surface area (Å²) < 4.78 is 31.3. The van der Waals surface area contributed by atoms with Crippen LogP contribution in [0.15, 0.2) is 170 Å². The number of hydrogen-bond acceptors (Lipinski definition) is 11. The van der Waals surface area contributed by atoms with Gasteiger partial charge in [-0.25, -0.2) is 0 Å². The van der Waals surface area contributed by atoms with Crippen LogP contribution in [-0.4, -0.2) is 107 Å². The number of ether oxygens (including phenoxy) is 5. The average Bonchev–Trinajstić information content (AvgIpc) is 1.38. The number of carbonyl (C=O) groups is 3. The van der Waals surface area contributed by atoms with Crippen LogP contribution in [0, 0.1) is 46.3 Å². The van der Waals surface area contributed by atoms with E-state index in [-0.39, 0.29) is 110 Å². The molecule has 11 nitrogen and oxygen atoms in total. The van der Waals surface area contributed by atoms with Crippen LogP contribution in [0.1, 0.15) is 145 Å². The van der Waals surface area contributed by atoms with Gasteiger partial charge in [0.1, 0.15) is 43.5 Å². The first-order valence-corrected chi connectivity index (χ1v) is 34.0. The van der Waals surface area contributed by atoms with E-state index in [0.717, 1.165) is 93.3 Å². The average molecular weight is 1340 g/mol. The third kappa shape index (κ3) is 18.0. The van der Waals surface area contributed by atoms with Crippen molar-refractivity contribution < 1.29 is 38.1 Å². The molecule has 0 radical (unpaired) electrons. The minimum Gasteiger partial charge on any atom is -0.492 e. The van der Waals surface area contributed by atoms with Crippen LogP contribution in [0.5, 0.6) is 11.5 Å². The molecule has 2 N–H and O–H groups in total. The van der Waals surface area contributed by atoms with Crippen molar-refractivity contribution >= 4 is 77.4 Å². The van der Waals surface area contributed by atoms with Gasteiger partial charge in [-0.3, -0.25) is 24.2 Å². The van der Waals surface area contributed by atoms with Gasteiger partial charge in [0.2, 0.25) is 0 Å². The molecule has 0 unspecified atom stereocenters.